The quantitative estimate of drug-likeness (QED) is 0.627. The summed E-state index contributed by atoms with van der Waals surface area (Å²) in [6.45, 7) is 2.36. The number of nitrogens with zero attached hydrogens (tertiary/aromatic N) is 1. The van der Waals surface area contributed by atoms with Crippen molar-refractivity contribution in [3.63, 3.8) is 0 Å². The van der Waals surface area contributed by atoms with Gasteiger partial charge in [-0.25, -0.2) is 0 Å². The first-order valence-electron chi connectivity index (χ1n) is 3.51. The van der Waals surface area contributed by atoms with Crippen LogP contribution in [0.25, 0.3) is 0 Å². The lowest BCUT2D eigenvalue weighted by atomic mass is 10.4. The number of hydrogen-bond acceptors (Lipinski definition) is 4. The van der Waals surface area contributed by atoms with E-state index < -0.39 is 0 Å². The molecule has 1 N–H and O–H groups in total. The van der Waals surface area contributed by atoms with Gasteiger partial charge >= 0.3 is 0 Å². The Morgan fingerprint density at radius 1 is 1.73 bits per heavy atom. The predicted molar refractivity (Wildman–Crippen MR) is 40.1 cm³/mol. The third-order valence-electron chi connectivity index (χ3n) is 1.30. The van der Waals surface area contributed by atoms with Crippen molar-refractivity contribution in [2.45, 2.75) is 6.54 Å². The molecular weight excluding hydrogens is 144 g/mol. The molecule has 0 aliphatic rings. The van der Waals surface area contributed by atoms with Gasteiger partial charge in [0.1, 0.15) is 6.26 Å². The van der Waals surface area contributed by atoms with Gasteiger partial charge in [0.25, 0.3) is 0 Å². The van der Waals surface area contributed by atoms with Gasteiger partial charge in [-0.15, -0.1) is 0 Å². The topological polar surface area (TPSA) is 47.3 Å². The molecule has 1 rings (SSSR count). The maximum atomic E-state index is 4.86. The molecule has 11 heavy (non-hydrogen) atoms. The van der Waals surface area contributed by atoms with Crippen LogP contribution in [0, 0.1) is 0 Å². The van der Waals surface area contributed by atoms with Crippen LogP contribution in [0.2, 0.25) is 0 Å². The molecule has 0 radical (unpaired) electrons. The molecule has 4 nitrogen and oxygen atoms in total. The van der Waals surface area contributed by atoms with E-state index in [1.54, 1.807) is 19.6 Å². The highest BCUT2D eigenvalue weighted by Crippen LogP contribution is 1.93. The standard InChI is InChI=1S/C7H12N2O2/c1-10-3-2-8-4-7-5-9-11-6-7/h5-6,8H,2-4H2,1H3. The molecule has 0 unspecified atom stereocenters. The van der Waals surface area contributed by atoms with Crippen molar-refractivity contribution < 1.29 is 9.26 Å². The minimum atomic E-state index is 0.727. The van der Waals surface area contributed by atoms with Gasteiger partial charge in [0.15, 0.2) is 0 Å². The summed E-state index contributed by atoms with van der Waals surface area (Å²) in [6, 6.07) is 0. The highest BCUT2D eigenvalue weighted by atomic mass is 16.5. The molecule has 0 atom stereocenters. The van der Waals surface area contributed by atoms with Gasteiger partial charge in [-0.1, -0.05) is 5.16 Å². The fourth-order valence-corrected chi connectivity index (χ4v) is 0.721. The van der Waals surface area contributed by atoms with E-state index in [2.05, 4.69) is 15.0 Å². The van der Waals surface area contributed by atoms with Crippen molar-refractivity contribution in [2.75, 3.05) is 20.3 Å². The Hall–Kier alpha value is -0.870. The summed E-state index contributed by atoms with van der Waals surface area (Å²) in [5.74, 6) is 0. The van der Waals surface area contributed by atoms with E-state index in [-0.39, 0.29) is 0 Å². The number of nitrogens with one attached hydrogen (secondary N) is 1. The Labute approximate surface area is 65.5 Å². The zero-order valence-electron chi connectivity index (χ0n) is 6.54. The van der Waals surface area contributed by atoms with Crippen LogP contribution < -0.4 is 5.32 Å². The molecule has 0 saturated carbocycles. The van der Waals surface area contributed by atoms with Gasteiger partial charge in [0, 0.05) is 25.8 Å². The molecule has 0 saturated heterocycles. The van der Waals surface area contributed by atoms with Crippen molar-refractivity contribution in [3.8, 4) is 0 Å². The minimum Gasteiger partial charge on any atom is -0.383 e. The summed E-state index contributed by atoms with van der Waals surface area (Å²) in [7, 11) is 1.68. The van der Waals surface area contributed by atoms with Gasteiger partial charge in [0.2, 0.25) is 0 Å². The smallest absolute Gasteiger partial charge is 0.128 e. The van der Waals surface area contributed by atoms with Crippen LogP contribution in [-0.2, 0) is 11.3 Å². The second kappa shape index (κ2) is 4.87. The van der Waals surface area contributed by atoms with Gasteiger partial charge < -0.3 is 14.6 Å². The normalized spacial score (nSPS) is 10.3. The maximum absolute atomic E-state index is 4.86. The van der Waals surface area contributed by atoms with E-state index in [4.69, 9.17) is 4.74 Å². The van der Waals surface area contributed by atoms with E-state index in [9.17, 15) is 0 Å². The lowest BCUT2D eigenvalue weighted by Crippen LogP contribution is -2.18. The Balaban J connectivity index is 2.04. The average Bonchev–Trinajstić information content (AvgIpc) is 2.50. The van der Waals surface area contributed by atoms with Crippen LogP contribution >= 0.6 is 0 Å². The molecule has 0 bridgehead atoms. The number of rotatable bonds is 5. The first kappa shape index (κ1) is 8.23. The Morgan fingerprint density at radius 3 is 3.27 bits per heavy atom. The van der Waals surface area contributed by atoms with Gasteiger partial charge in [-0.2, -0.15) is 0 Å². The molecule has 0 fully saturated rings. The molecule has 62 valence electrons. The van der Waals surface area contributed by atoms with Gasteiger partial charge in [0.05, 0.1) is 12.8 Å². The van der Waals surface area contributed by atoms with E-state index in [0.29, 0.717) is 0 Å². The van der Waals surface area contributed by atoms with E-state index in [0.717, 1.165) is 25.3 Å². The molecule has 1 aromatic heterocycles. The molecule has 4 heteroatoms. The van der Waals surface area contributed by atoms with Crippen molar-refractivity contribution in [1.29, 1.82) is 0 Å². The monoisotopic (exact) mass is 156 g/mol. The Morgan fingerprint density at radius 2 is 2.64 bits per heavy atom. The van der Waals surface area contributed by atoms with E-state index >= 15 is 0 Å². The van der Waals surface area contributed by atoms with Crippen molar-refractivity contribution in [2.24, 2.45) is 0 Å². The van der Waals surface area contributed by atoms with Crippen LogP contribution in [0.1, 0.15) is 5.56 Å². The molecular formula is C7H12N2O2. The summed E-state index contributed by atoms with van der Waals surface area (Å²) >= 11 is 0. The predicted octanol–water partition coefficient (Wildman–Crippen LogP) is 0.411. The maximum Gasteiger partial charge on any atom is 0.128 e. The highest BCUT2D eigenvalue weighted by molar-refractivity contribution is 4.98. The lowest BCUT2D eigenvalue weighted by molar-refractivity contribution is 0.199. The van der Waals surface area contributed by atoms with Crippen molar-refractivity contribution in [1.82, 2.24) is 10.5 Å². The lowest BCUT2D eigenvalue weighted by Gasteiger charge is -1.99. The first-order valence-corrected chi connectivity index (χ1v) is 3.51. The van der Waals surface area contributed by atoms with E-state index in [1.807, 2.05) is 0 Å². The fraction of sp³-hybridized carbons (Fsp3) is 0.571. The first-order chi connectivity index (χ1) is 5.43. The molecule has 0 amide bonds. The molecule has 0 aromatic carbocycles. The largest absolute Gasteiger partial charge is 0.383 e. The van der Waals surface area contributed by atoms with Crippen LogP contribution in [0.3, 0.4) is 0 Å². The van der Waals surface area contributed by atoms with Crippen LogP contribution in [0.4, 0.5) is 0 Å². The van der Waals surface area contributed by atoms with Crippen LogP contribution in [-0.4, -0.2) is 25.4 Å². The molecule has 0 aliphatic carbocycles. The van der Waals surface area contributed by atoms with E-state index in [1.165, 1.54) is 0 Å². The van der Waals surface area contributed by atoms with Gasteiger partial charge in [-0.05, 0) is 0 Å². The summed E-state index contributed by atoms with van der Waals surface area (Å²) in [4.78, 5) is 0. The Kier molecular flexibility index (Phi) is 3.64. The second-order valence-electron chi connectivity index (χ2n) is 2.20. The average molecular weight is 156 g/mol. The number of aromatic nitrogens is 1. The molecule has 1 heterocycles. The van der Waals surface area contributed by atoms with Gasteiger partial charge in [-0.3, -0.25) is 0 Å². The summed E-state index contributed by atoms with van der Waals surface area (Å²) in [5.41, 5.74) is 1.06. The van der Waals surface area contributed by atoms with Crippen molar-refractivity contribution >= 4 is 0 Å². The molecule has 0 spiro atoms. The number of methoxy groups -OCH3 is 1. The number of hydrogen-bond donors (Lipinski definition) is 1. The van der Waals surface area contributed by atoms with Crippen LogP contribution in [0.15, 0.2) is 17.0 Å². The SMILES string of the molecule is COCCNCc1cnoc1. The zero-order valence-corrected chi connectivity index (χ0v) is 6.54. The minimum absolute atomic E-state index is 0.727. The Bertz CT molecular complexity index is 175. The third-order valence-corrected chi connectivity index (χ3v) is 1.30. The summed E-state index contributed by atoms with van der Waals surface area (Å²) < 4.78 is 9.51. The summed E-state index contributed by atoms with van der Waals surface area (Å²) in [5, 5.41) is 6.74. The van der Waals surface area contributed by atoms with Crippen LogP contribution in [0.5, 0.6) is 0 Å². The third kappa shape index (κ3) is 3.15. The fourth-order valence-electron chi connectivity index (χ4n) is 0.721. The van der Waals surface area contributed by atoms with Crippen molar-refractivity contribution in [3.05, 3.63) is 18.0 Å². The second-order valence-corrected chi connectivity index (χ2v) is 2.20. The molecule has 0 aliphatic heterocycles. The molecule has 1 aromatic rings. The zero-order chi connectivity index (χ0) is 7.94. The highest BCUT2D eigenvalue weighted by Gasteiger charge is 1.92. The summed E-state index contributed by atoms with van der Waals surface area (Å²) in [6.07, 6.45) is 3.32. The number of ether oxygens (including phenoxy) is 1.